The molecule has 6 rings (SSSR count). The van der Waals surface area contributed by atoms with Gasteiger partial charge in [-0.05, 0) is 57.5 Å². The lowest BCUT2D eigenvalue weighted by Crippen LogP contribution is -2.56. The molecule has 2 aliphatic rings. The quantitative estimate of drug-likeness (QED) is 0.245. The summed E-state index contributed by atoms with van der Waals surface area (Å²) in [6, 6.07) is 12.1. The molecule has 0 spiro atoms. The van der Waals surface area contributed by atoms with Crippen LogP contribution in [0.5, 0.6) is 0 Å². The largest absolute Gasteiger partial charge is 0.343 e. The van der Waals surface area contributed by atoms with Crippen LogP contribution in [0.1, 0.15) is 37.3 Å². The highest BCUT2D eigenvalue weighted by atomic mass is 35.5. The van der Waals surface area contributed by atoms with Crippen LogP contribution in [0.15, 0.2) is 52.1 Å². The van der Waals surface area contributed by atoms with Gasteiger partial charge in [0.05, 0.1) is 22.1 Å². The minimum atomic E-state index is -0.826. The molecule has 0 saturated carbocycles. The molecule has 45 heavy (non-hydrogen) atoms. The molecule has 0 bridgehead atoms. The first-order valence-electron chi connectivity index (χ1n) is 15.3. The smallest absolute Gasteiger partial charge is 0.341 e. The number of hydrogen-bond donors (Lipinski definition) is 4. The molecule has 4 aromatic rings. The van der Waals surface area contributed by atoms with E-state index in [4.69, 9.17) is 11.6 Å². The van der Waals surface area contributed by atoms with Gasteiger partial charge in [-0.15, -0.1) is 5.10 Å². The highest BCUT2D eigenvalue weighted by Crippen LogP contribution is 2.25. The van der Waals surface area contributed by atoms with E-state index in [2.05, 4.69) is 30.3 Å². The number of carbonyl (C=O) groups excluding carboxylic acids is 2. The average molecular weight is 636 g/mol. The fraction of sp³-hybridized carbons (Fsp3) is 0.452. The summed E-state index contributed by atoms with van der Waals surface area (Å²) in [5.41, 5.74) is 1.94. The summed E-state index contributed by atoms with van der Waals surface area (Å²) in [7, 11) is 4.09. The van der Waals surface area contributed by atoms with Crippen LogP contribution in [0.2, 0.25) is 5.02 Å². The maximum Gasteiger partial charge on any atom is 0.343 e. The van der Waals surface area contributed by atoms with E-state index in [1.54, 1.807) is 17.0 Å². The Bertz CT molecular complexity index is 1780. The normalized spacial score (nSPS) is 17.2. The first-order valence-corrected chi connectivity index (χ1v) is 15.7. The molecule has 1 atom stereocenters. The average Bonchev–Trinajstić information content (AvgIpc) is 3.63. The molecule has 13 nitrogen and oxygen atoms in total. The van der Waals surface area contributed by atoms with Gasteiger partial charge in [0.25, 0.3) is 0 Å². The maximum absolute atomic E-state index is 13.9. The van der Waals surface area contributed by atoms with Gasteiger partial charge in [-0.25, -0.2) is 19.1 Å². The number of urea groups is 1. The predicted octanol–water partition coefficient (Wildman–Crippen LogP) is 2.57. The number of rotatable bonds is 7. The number of benzene rings is 2. The monoisotopic (exact) mass is 635 g/mol. The first kappa shape index (κ1) is 30.7. The second kappa shape index (κ2) is 12.9. The van der Waals surface area contributed by atoms with Crippen molar-refractivity contribution in [2.45, 2.75) is 50.2 Å². The summed E-state index contributed by atoms with van der Waals surface area (Å²) in [6.07, 6.45) is 3.02. The van der Waals surface area contributed by atoms with E-state index < -0.39 is 6.04 Å². The van der Waals surface area contributed by atoms with Crippen molar-refractivity contribution < 1.29 is 9.59 Å². The van der Waals surface area contributed by atoms with Crippen LogP contribution in [-0.4, -0.2) is 104 Å². The van der Waals surface area contributed by atoms with Crippen molar-refractivity contribution in [2.75, 3.05) is 40.3 Å². The molecule has 4 heterocycles. The molecule has 2 aromatic heterocycles. The van der Waals surface area contributed by atoms with E-state index >= 15 is 0 Å². The molecule has 3 amide bonds. The van der Waals surface area contributed by atoms with Crippen molar-refractivity contribution in [1.29, 1.82) is 0 Å². The summed E-state index contributed by atoms with van der Waals surface area (Å²) >= 11 is 6.45. The van der Waals surface area contributed by atoms with Crippen molar-refractivity contribution in [3.63, 3.8) is 0 Å². The number of likely N-dealkylation sites (tertiary alicyclic amines) is 2. The van der Waals surface area contributed by atoms with Crippen LogP contribution >= 0.6 is 11.6 Å². The van der Waals surface area contributed by atoms with Gasteiger partial charge in [0.1, 0.15) is 6.04 Å². The van der Waals surface area contributed by atoms with E-state index in [0.29, 0.717) is 66.9 Å². The van der Waals surface area contributed by atoms with Crippen molar-refractivity contribution in [3.8, 4) is 11.4 Å². The fourth-order valence-electron chi connectivity index (χ4n) is 6.40. The fourth-order valence-corrected chi connectivity index (χ4v) is 6.69. The van der Waals surface area contributed by atoms with Crippen molar-refractivity contribution >= 4 is 34.6 Å². The number of imidazole rings is 1. The zero-order valence-electron chi connectivity index (χ0n) is 25.4. The number of hydrogen-bond acceptors (Lipinski definition) is 6. The lowest BCUT2D eigenvalue weighted by Gasteiger charge is -2.37. The predicted molar refractivity (Wildman–Crippen MR) is 171 cm³/mol. The molecule has 14 heteroatoms. The third-order valence-electron chi connectivity index (χ3n) is 8.96. The highest BCUT2D eigenvalue weighted by molar-refractivity contribution is 6.35. The Kier molecular flexibility index (Phi) is 8.81. The maximum atomic E-state index is 13.9. The van der Waals surface area contributed by atoms with Crippen molar-refractivity contribution in [2.24, 2.45) is 0 Å². The Morgan fingerprint density at radius 2 is 1.67 bits per heavy atom. The summed E-state index contributed by atoms with van der Waals surface area (Å²) in [5, 5.41) is 7.89. The summed E-state index contributed by atoms with van der Waals surface area (Å²) in [6.45, 7) is 2.03. The number of aromatic amines is 3. The number of H-pyrrole nitrogens is 3. The van der Waals surface area contributed by atoms with Crippen LogP contribution < -0.4 is 16.7 Å². The number of nitrogens with zero attached hydrogens (tertiary/aromatic N) is 5. The molecule has 2 saturated heterocycles. The van der Waals surface area contributed by atoms with Gasteiger partial charge in [0, 0.05) is 44.2 Å². The number of fused-ring (bicyclic) bond motifs is 1. The molecule has 2 aliphatic heterocycles. The molecule has 0 aliphatic carbocycles. The van der Waals surface area contributed by atoms with Crippen molar-refractivity contribution in [3.05, 3.63) is 74.0 Å². The van der Waals surface area contributed by atoms with E-state index in [1.807, 2.05) is 49.3 Å². The third-order valence-corrected chi connectivity index (χ3v) is 9.26. The summed E-state index contributed by atoms with van der Waals surface area (Å²) in [5.74, 6) is 0.365. The van der Waals surface area contributed by atoms with E-state index in [0.717, 1.165) is 24.0 Å². The second-order valence-corrected chi connectivity index (χ2v) is 12.5. The molecule has 2 aromatic carbocycles. The van der Waals surface area contributed by atoms with Gasteiger partial charge in [-0.2, -0.15) is 0 Å². The minimum Gasteiger partial charge on any atom is -0.341 e. The van der Waals surface area contributed by atoms with Crippen molar-refractivity contribution in [1.82, 2.24) is 44.7 Å². The minimum absolute atomic E-state index is 0.147. The molecule has 1 unspecified atom stereocenters. The van der Waals surface area contributed by atoms with Gasteiger partial charge >= 0.3 is 17.4 Å². The highest BCUT2D eigenvalue weighted by Gasteiger charge is 2.33. The van der Waals surface area contributed by atoms with E-state index in [1.165, 1.54) is 4.68 Å². The number of piperidine rings is 2. The zero-order valence-corrected chi connectivity index (χ0v) is 26.1. The molecule has 0 radical (unpaired) electrons. The number of amides is 3. The Labute approximate surface area is 264 Å². The Balaban J connectivity index is 1.15. The molecule has 238 valence electrons. The standard InChI is InChI=1S/C31H38ClN9O4/c1-38(2)21-8-12-39(13-9-21)28(42)25(18-19-16-23(32)26-24(17-19)33-29(43)35-26)34-30(44)40-14-10-22(11-15-40)41-31(45)36-27(37-41)20-6-4-3-5-7-20/h3-7,16-17,21-22,25H,8-15,18H2,1-2H3,(H,34,44)(H2,33,35,43)(H,36,37,45). The number of aromatic nitrogens is 5. The van der Waals surface area contributed by atoms with Gasteiger partial charge < -0.3 is 30.0 Å². The van der Waals surface area contributed by atoms with Gasteiger partial charge in [-0.1, -0.05) is 41.9 Å². The zero-order chi connectivity index (χ0) is 31.7. The summed E-state index contributed by atoms with van der Waals surface area (Å²) < 4.78 is 1.48. The van der Waals surface area contributed by atoms with Crippen LogP contribution in [0.4, 0.5) is 4.79 Å². The first-order chi connectivity index (χ1) is 21.7. The number of halogens is 1. The van der Waals surface area contributed by atoms with Gasteiger partial charge in [-0.3, -0.25) is 9.78 Å². The molecular formula is C31H38ClN9O4. The summed E-state index contributed by atoms with van der Waals surface area (Å²) in [4.78, 5) is 66.0. The molecule has 2 fully saturated rings. The third kappa shape index (κ3) is 6.69. The molecular weight excluding hydrogens is 598 g/mol. The van der Waals surface area contributed by atoms with E-state index in [-0.39, 0.29) is 35.8 Å². The lowest BCUT2D eigenvalue weighted by molar-refractivity contribution is -0.134. The molecule has 4 N–H and O–H groups in total. The number of nitrogens with one attached hydrogen (secondary N) is 4. The van der Waals surface area contributed by atoms with E-state index in [9.17, 15) is 19.2 Å². The topological polar surface area (TPSA) is 155 Å². The van der Waals surface area contributed by atoms with Crippen LogP contribution in [0.25, 0.3) is 22.4 Å². The van der Waals surface area contributed by atoms with Gasteiger partial charge in [0.15, 0.2) is 5.82 Å². The Morgan fingerprint density at radius 3 is 2.36 bits per heavy atom. The van der Waals surface area contributed by atoms with Crippen LogP contribution in [-0.2, 0) is 11.2 Å². The Hall–Kier alpha value is -4.36. The van der Waals surface area contributed by atoms with Gasteiger partial charge in [0.2, 0.25) is 5.91 Å². The SMILES string of the molecule is CN(C)C1CCN(C(=O)C(Cc2cc(Cl)c3[nH]c(=O)[nH]c3c2)NC(=O)N2CCC(n3nc(-c4ccccc4)[nH]c3=O)CC2)CC1. The number of carbonyl (C=O) groups is 2. The van der Waals surface area contributed by atoms with Crippen LogP contribution in [0.3, 0.4) is 0 Å². The van der Waals surface area contributed by atoms with Crippen LogP contribution in [0, 0.1) is 0 Å². The second-order valence-electron chi connectivity index (χ2n) is 12.1. The lowest BCUT2D eigenvalue weighted by atomic mass is 10.00. The Morgan fingerprint density at radius 1 is 0.978 bits per heavy atom.